The number of carbonyl (C=O) groups excluding carboxylic acids is 2. The first-order valence-corrected chi connectivity index (χ1v) is 10.2. The second-order valence-electron chi connectivity index (χ2n) is 7.54. The van der Waals surface area contributed by atoms with Gasteiger partial charge in [0.05, 0.1) is 19.6 Å². The summed E-state index contributed by atoms with van der Waals surface area (Å²) in [5, 5.41) is 8.81. The highest BCUT2D eigenvalue weighted by Crippen LogP contribution is 2.34. The molecule has 0 heterocycles. The number of carboxylic acid groups (broad SMARTS) is 1. The molecule has 7 nitrogen and oxygen atoms in total. The average Bonchev–Trinajstić information content (AvgIpc) is 2.59. The second kappa shape index (κ2) is 10.3. The first kappa shape index (κ1) is 22.9. The fourth-order valence-corrected chi connectivity index (χ4v) is 4.77. The van der Waals surface area contributed by atoms with E-state index in [-0.39, 0.29) is 5.75 Å². The van der Waals surface area contributed by atoms with Gasteiger partial charge in [-0.3, -0.25) is 9.59 Å². The summed E-state index contributed by atoms with van der Waals surface area (Å²) in [6.45, 7) is 4.46. The number of ketones is 1. The summed E-state index contributed by atoms with van der Waals surface area (Å²) in [5.41, 5.74) is 9.75. The van der Waals surface area contributed by atoms with Crippen molar-refractivity contribution in [2.24, 2.45) is 29.2 Å². The molecule has 150 valence electrons. The van der Waals surface area contributed by atoms with Crippen LogP contribution in [0.2, 0.25) is 0 Å². The predicted octanol–water partition coefficient (Wildman–Crippen LogP) is 1.42. The van der Waals surface area contributed by atoms with Gasteiger partial charge in [-0.25, -0.2) is 4.79 Å². The van der Waals surface area contributed by atoms with E-state index in [4.69, 9.17) is 16.6 Å². The van der Waals surface area contributed by atoms with Crippen LogP contribution in [0, 0.1) is 17.8 Å². The van der Waals surface area contributed by atoms with Crippen molar-refractivity contribution in [2.45, 2.75) is 57.5 Å². The van der Waals surface area contributed by atoms with Gasteiger partial charge in [0.15, 0.2) is 11.3 Å². The molecule has 0 radical (unpaired) electrons. The van der Waals surface area contributed by atoms with E-state index in [9.17, 15) is 14.4 Å². The van der Waals surface area contributed by atoms with Gasteiger partial charge in [-0.05, 0) is 36.3 Å². The number of methoxy groups -OCH3 is 1. The summed E-state index contributed by atoms with van der Waals surface area (Å²) in [7, 11) is 1.15. The maximum absolute atomic E-state index is 12.5. The topological polar surface area (TPSA) is 133 Å². The summed E-state index contributed by atoms with van der Waals surface area (Å²) < 4.78 is 4.68. The van der Waals surface area contributed by atoms with Crippen LogP contribution < -0.4 is 11.5 Å². The van der Waals surface area contributed by atoms with Crippen molar-refractivity contribution < 1.29 is 24.2 Å². The van der Waals surface area contributed by atoms with Gasteiger partial charge in [0.1, 0.15) is 0 Å². The lowest BCUT2D eigenvalue weighted by molar-refractivity contribution is -0.151. The Bertz CT molecular complexity index is 508. The Morgan fingerprint density at radius 1 is 1.27 bits per heavy atom. The third-order valence-corrected chi connectivity index (χ3v) is 6.72. The van der Waals surface area contributed by atoms with Gasteiger partial charge in [0, 0.05) is 5.75 Å². The lowest BCUT2D eigenvalue weighted by atomic mass is 9.77. The molecule has 1 aliphatic carbocycles. The Balaban J connectivity index is 2.65. The van der Waals surface area contributed by atoms with E-state index in [0.717, 1.165) is 18.8 Å². The molecule has 0 aromatic heterocycles. The van der Waals surface area contributed by atoms with Crippen LogP contribution in [0.3, 0.4) is 0 Å². The summed E-state index contributed by atoms with van der Waals surface area (Å²) in [6, 6.07) is -1.34. The molecular weight excluding hydrogens is 356 g/mol. The van der Waals surface area contributed by atoms with Gasteiger partial charge in [-0.2, -0.15) is 11.8 Å². The smallest absolute Gasteiger partial charge is 0.334 e. The molecule has 0 saturated heterocycles. The molecule has 1 aliphatic rings. The van der Waals surface area contributed by atoms with Gasteiger partial charge in [-0.15, -0.1) is 0 Å². The lowest BCUT2D eigenvalue weighted by Gasteiger charge is -2.32. The molecule has 3 atom stereocenters. The van der Waals surface area contributed by atoms with Crippen molar-refractivity contribution in [3.63, 3.8) is 0 Å². The third kappa shape index (κ3) is 6.25. The van der Waals surface area contributed by atoms with Crippen LogP contribution in [-0.2, 0) is 19.1 Å². The Kier molecular flexibility index (Phi) is 9.06. The molecule has 26 heavy (non-hydrogen) atoms. The van der Waals surface area contributed by atoms with Crippen LogP contribution in [0.1, 0.15) is 46.0 Å². The van der Waals surface area contributed by atoms with E-state index in [1.807, 2.05) is 0 Å². The van der Waals surface area contributed by atoms with Gasteiger partial charge in [0.25, 0.3) is 0 Å². The van der Waals surface area contributed by atoms with Gasteiger partial charge < -0.3 is 21.3 Å². The van der Waals surface area contributed by atoms with E-state index in [1.165, 1.54) is 37.4 Å². The molecule has 0 aliphatic heterocycles. The van der Waals surface area contributed by atoms with Crippen LogP contribution in [0.4, 0.5) is 0 Å². The molecule has 8 heteroatoms. The van der Waals surface area contributed by atoms with Crippen molar-refractivity contribution in [1.82, 2.24) is 0 Å². The van der Waals surface area contributed by atoms with E-state index >= 15 is 0 Å². The fraction of sp³-hybridized carbons (Fsp3) is 0.833. The van der Waals surface area contributed by atoms with E-state index in [0.29, 0.717) is 11.8 Å². The van der Waals surface area contributed by atoms with Crippen molar-refractivity contribution in [3.05, 3.63) is 0 Å². The summed E-state index contributed by atoms with van der Waals surface area (Å²) >= 11 is 1.42. The number of carboxylic acids is 1. The van der Waals surface area contributed by atoms with Gasteiger partial charge >= 0.3 is 11.9 Å². The first-order valence-electron chi connectivity index (χ1n) is 9.08. The van der Waals surface area contributed by atoms with Crippen molar-refractivity contribution in [3.8, 4) is 0 Å². The highest BCUT2D eigenvalue weighted by Gasteiger charge is 2.45. The molecule has 0 aromatic carbocycles. The molecule has 0 bridgehead atoms. The molecule has 1 rings (SSSR count). The molecule has 1 fully saturated rings. The highest BCUT2D eigenvalue weighted by molar-refractivity contribution is 7.99. The Hall–Kier alpha value is -1.12. The largest absolute Gasteiger partial charge is 0.481 e. The molecule has 0 aromatic rings. The predicted molar refractivity (Wildman–Crippen MR) is 102 cm³/mol. The number of esters is 1. The monoisotopic (exact) mass is 388 g/mol. The summed E-state index contributed by atoms with van der Waals surface area (Å²) in [6.07, 6.45) is 4.32. The number of hydrogen-bond donors (Lipinski definition) is 3. The molecule has 5 N–H and O–H groups in total. The van der Waals surface area contributed by atoms with Crippen LogP contribution in [0.25, 0.3) is 0 Å². The minimum Gasteiger partial charge on any atom is -0.481 e. The Morgan fingerprint density at radius 2 is 1.85 bits per heavy atom. The lowest BCUT2D eigenvalue weighted by Crippen LogP contribution is -2.62. The maximum Gasteiger partial charge on any atom is 0.334 e. The number of hydrogen-bond acceptors (Lipinski definition) is 7. The van der Waals surface area contributed by atoms with E-state index in [1.54, 1.807) is 0 Å². The SMILES string of the molecule is COC(=O)[C@@](N)(CSCC(C)C1CCC(C)CC1)C(=O)[C@@H](N)CC(=O)O. The molecule has 0 amide bonds. The minimum absolute atomic E-state index is 0.0271. The summed E-state index contributed by atoms with van der Waals surface area (Å²) in [5.74, 6) is -0.198. The third-order valence-electron chi connectivity index (χ3n) is 5.30. The van der Waals surface area contributed by atoms with E-state index in [2.05, 4.69) is 18.6 Å². The van der Waals surface area contributed by atoms with Crippen LogP contribution in [0.5, 0.6) is 0 Å². The highest BCUT2D eigenvalue weighted by atomic mass is 32.2. The van der Waals surface area contributed by atoms with Crippen LogP contribution in [0.15, 0.2) is 0 Å². The number of ether oxygens (including phenoxy) is 1. The number of carbonyl (C=O) groups is 3. The van der Waals surface area contributed by atoms with Crippen molar-refractivity contribution in [2.75, 3.05) is 18.6 Å². The normalized spacial score (nSPS) is 25.0. The average molecular weight is 389 g/mol. The number of thioether (sulfide) groups is 1. The number of aliphatic carboxylic acids is 1. The standard InChI is InChI=1S/C18H32N2O5S/c1-11-4-6-13(7-5-11)12(2)9-26-10-18(20,17(24)25-3)16(23)14(19)8-15(21)22/h11-14H,4-10,19-20H2,1-3H3,(H,21,22)/t11?,12?,13?,14-,18+/m0/s1. The second-order valence-corrected chi connectivity index (χ2v) is 8.57. The van der Waals surface area contributed by atoms with Crippen molar-refractivity contribution in [1.29, 1.82) is 0 Å². The quantitative estimate of drug-likeness (QED) is 0.378. The van der Waals surface area contributed by atoms with Gasteiger partial charge in [-0.1, -0.05) is 26.7 Å². The Morgan fingerprint density at radius 3 is 2.35 bits per heavy atom. The number of Topliss-reactive ketones (excluding diaryl/α,β-unsaturated/α-hetero) is 1. The zero-order chi connectivity index (χ0) is 19.9. The zero-order valence-electron chi connectivity index (χ0n) is 15.9. The number of nitrogens with two attached hydrogens (primary N) is 2. The molecule has 1 unspecified atom stereocenters. The van der Waals surface area contributed by atoms with E-state index < -0.39 is 35.7 Å². The van der Waals surface area contributed by atoms with Gasteiger partial charge in [0.2, 0.25) is 0 Å². The fourth-order valence-electron chi connectivity index (χ4n) is 3.42. The molecule has 1 saturated carbocycles. The number of rotatable bonds is 10. The first-order chi connectivity index (χ1) is 12.1. The van der Waals surface area contributed by atoms with Crippen LogP contribution in [-0.4, -0.2) is 53.0 Å². The zero-order valence-corrected chi connectivity index (χ0v) is 16.7. The van der Waals surface area contributed by atoms with Crippen LogP contribution >= 0.6 is 11.8 Å². The van der Waals surface area contributed by atoms with Crippen molar-refractivity contribution >= 4 is 29.5 Å². The minimum atomic E-state index is -1.92. The Labute approximate surface area is 159 Å². The maximum atomic E-state index is 12.5. The molecule has 0 spiro atoms. The summed E-state index contributed by atoms with van der Waals surface area (Å²) in [4.78, 5) is 35.4. The molecular formula is C18H32N2O5S.